The summed E-state index contributed by atoms with van der Waals surface area (Å²) in [6.45, 7) is -0.435. The lowest BCUT2D eigenvalue weighted by Gasteiger charge is -2.50. The second-order valence-electron chi connectivity index (χ2n) is 12.6. The van der Waals surface area contributed by atoms with Gasteiger partial charge in [-0.3, -0.25) is 24.1 Å². The van der Waals surface area contributed by atoms with Crippen LogP contribution in [0.25, 0.3) is 0 Å². The third kappa shape index (κ3) is 4.74. The Hall–Kier alpha value is -4.11. The number of allylic oxidation sites excluding steroid dienone is 1. The van der Waals surface area contributed by atoms with Gasteiger partial charge >= 0.3 is 6.18 Å². The Kier molecular flexibility index (Phi) is 7.72. The summed E-state index contributed by atoms with van der Waals surface area (Å²) in [7, 11) is 6.33. The summed E-state index contributed by atoms with van der Waals surface area (Å²) in [5.41, 5.74) is 1.24. The van der Waals surface area contributed by atoms with Crippen molar-refractivity contribution < 1.29 is 52.8 Å². The minimum Gasteiger partial charge on any atom is -0.510 e. The Balaban J connectivity index is 1.62. The monoisotopic (exact) mass is 636 g/mol. The molecular formula is C30H35F3N4O8. The van der Waals surface area contributed by atoms with E-state index in [0.29, 0.717) is 11.3 Å². The molecule has 0 radical (unpaired) electrons. The molecule has 1 saturated heterocycles. The van der Waals surface area contributed by atoms with Gasteiger partial charge in [0.25, 0.3) is 11.8 Å². The van der Waals surface area contributed by atoms with E-state index in [9.17, 15) is 52.8 Å². The number of amides is 2. The van der Waals surface area contributed by atoms with Crippen LogP contribution < -0.4 is 10.6 Å². The molecule has 4 atom stereocenters. The van der Waals surface area contributed by atoms with E-state index in [1.54, 1.807) is 19.0 Å². The maximum absolute atomic E-state index is 14.1. The lowest BCUT2D eigenvalue weighted by Crippen LogP contribution is -2.63. The number of ketones is 2. The number of primary amides is 1. The van der Waals surface area contributed by atoms with Crippen LogP contribution in [0.3, 0.4) is 0 Å². The highest BCUT2D eigenvalue weighted by molar-refractivity contribution is 6.25. The van der Waals surface area contributed by atoms with E-state index in [4.69, 9.17) is 5.73 Å². The predicted octanol–water partition coefficient (Wildman–Crippen LogP) is 1.60. The van der Waals surface area contributed by atoms with Gasteiger partial charge in [0.05, 0.1) is 23.1 Å². The third-order valence-electron chi connectivity index (χ3n) is 9.66. The number of piperidine rings is 1. The molecule has 1 heterocycles. The molecule has 1 fully saturated rings. The number of hydrogen-bond acceptors (Lipinski definition) is 10. The number of likely N-dealkylation sites (N-methyl/N-ethyl adjacent to an activating group) is 1. The predicted molar refractivity (Wildman–Crippen MR) is 153 cm³/mol. The molecule has 5 rings (SSSR count). The number of Topliss-reactive ketones (excluding diaryl/α,β-unsaturated/α-hetero) is 2. The fourth-order valence-electron chi connectivity index (χ4n) is 7.44. The van der Waals surface area contributed by atoms with Gasteiger partial charge in [-0.15, -0.1) is 0 Å². The van der Waals surface area contributed by atoms with Crippen LogP contribution in [-0.4, -0.2) is 113 Å². The normalized spacial score (nSPS) is 27.4. The maximum Gasteiger partial charge on any atom is 0.391 e. The fourth-order valence-corrected chi connectivity index (χ4v) is 7.44. The average Bonchev–Trinajstić information content (AvgIpc) is 2.93. The topological polar surface area (TPSA) is 185 Å². The second-order valence-corrected chi connectivity index (χ2v) is 12.6. The van der Waals surface area contributed by atoms with E-state index in [0.717, 1.165) is 0 Å². The third-order valence-corrected chi connectivity index (χ3v) is 9.66. The number of alkyl halides is 3. The number of halogens is 3. The van der Waals surface area contributed by atoms with Gasteiger partial charge in [-0.1, -0.05) is 0 Å². The van der Waals surface area contributed by atoms with Crippen molar-refractivity contribution in [3.63, 3.8) is 0 Å². The number of aromatic hydroxyl groups is 1. The average molecular weight is 637 g/mol. The molecule has 0 saturated carbocycles. The highest BCUT2D eigenvalue weighted by atomic mass is 19.4. The number of anilines is 1. The Morgan fingerprint density at radius 3 is 2.18 bits per heavy atom. The molecule has 2 amide bonds. The Labute approximate surface area is 256 Å². The molecule has 12 nitrogen and oxygen atoms in total. The smallest absolute Gasteiger partial charge is 0.391 e. The van der Waals surface area contributed by atoms with E-state index in [2.05, 4.69) is 0 Å². The molecule has 1 aromatic rings. The number of aliphatic hydroxyl groups is 3. The van der Waals surface area contributed by atoms with E-state index in [1.165, 1.54) is 30.0 Å². The number of hydrogen-bond donors (Lipinski definition) is 5. The van der Waals surface area contributed by atoms with Crippen molar-refractivity contribution in [3.05, 3.63) is 45.4 Å². The van der Waals surface area contributed by atoms with Crippen LogP contribution in [0.2, 0.25) is 0 Å². The molecule has 0 spiro atoms. The van der Waals surface area contributed by atoms with Gasteiger partial charge in [0, 0.05) is 44.4 Å². The number of nitrogens with two attached hydrogens (primary N) is 1. The summed E-state index contributed by atoms with van der Waals surface area (Å²) in [5, 5.41) is 45.6. The molecule has 1 aromatic carbocycles. The lowest BCUT2D eigenvalue weighted by atomic mass is 9.58. The maximum atomic E-state index is 14.1. The van der Waals surface area contributed by atoms with Crippen molar-refractivity contribution >= 4 is 29.1 Å². The van der Waals surface area contributed by atoms with Crippen molar-refractivity contribution in [3.8, 4) is 5.75 Å². The molecule has 0 unspecified atom stereocenters. The number of rotatable bonds is 4. The summed E-state index contributed by atoms with van der Waals surface area (Å²) < 4.78 is 39.6. The molecule has 15 heteroatoms. The first-order chi connectivity index (χ1) is 20.8. The molecule has 1 aliphatic heterocycles. The number of phenols is 1. The Morgan fingerprint density at radius 2 is 1.67 bits per heavy atom. The van der Waals surface area contributed by atoms with Gasteiger partial charge in [-0.25, -0.2) is 0 Å². The minimum absolute atomic E-state index is 0.0149. The van der Waals surface area contributed by atoms with Gasteiger partial charge in [-0.05, 0) is 57.3 Å². The number of carbonyl (C=O) groups excluding carboxylic acids is 4. The van der Waals surface area contributed by atoms with Crippen molar-refractivity contribution in [1.82, 2.24) is 9.80 Å². The number of benzene rings is 1. The SMILES string of the molecule is CN(C)c1cc(C(=O)N2CCC(C(F)(F)F)CC2)c(O)c2c1C[C@H]1C[C@H]3[C@H](N(C)C)C(O)=C(C(N)=O)C(=O)[C@@]3(O)C(O)=C1C2=O. The molecular weight excluding hydrogens is 601 g/mol. The molecule has 45 heavy (non-hydrogen) atoms. The van der Waals surface area contributed by atoms with E-state index >= 15 is 0 Å². The van der Waals surface area contributed by atoms with Crippen molar-refractivity contribution in [1.29, 1.82) is 0 Å². The van der Waals surface area contributed by atoms with Gasteiger partial charge in [-0.2, -0.15) is 13.2 Å². The minimum atomic E-state index is -4.40. The molecule has 0 aromatic heterocycles. The van der Waals surface area contributed by atoms with Crippen molar-refractivity contribution in [2.75, 3.05) is 46.2 Å². The van der Waals surface area contributed by atoms with Gasteiger partial charge in [0.15, 0.2) is 11.4 Å². The van der Waals surface area contributed by atoms with Crippen LogP contribution in [0.15, 0.2) is 28.7 Å². The van der Waals surface area contributed by atoms with Gasteiger partial charge in [0.2, 0.25) is 5.78 Å². The van der Waals surface area contributed by atoms with Crippen LogP contribution in [0.5, 0.6) is 5.75 Å². The zero-order valence-corrected chi connectivity index (χ0v) is 25.1. The number of phenolic OH excluding ortho intramolecular Hbond substituents is 1. The van der Waals surface area contributed by atoms with Crippen LogP contribution in [-0.2, 0) is 16.0 Å². The van der Waals surface area contributed by atoms with E-state index in [1.807, 2.05) is 0 Å². The standard InChI is InChI=1S/C30H35F3N4O8/c1-35(2)17-11-15(28(44)37-7-5-13(6-8-37)30(31,32)33)22(38)19-14(17)9-12-10-16-21(36(3)4)24(40)20(27(34)43)26(42)29(16,45)25(41)18(12)23(19)39/h11-13,16,21,38,40-41,45H,5-10H2,1-4H3,(H2,34,43)/t12-,16-,21-,29-/m0/s1. The number of aliphatic hydroxyl groups excluding tert-OH is 2. The highest BCUT2D eigenvalue weighted by Gasteiger charge is 2.63. The summed E-state index contributed by atoms with van der Waals surface area (Å²) in [4.78, 5) is 57.6. The van der Waals surface area contributed by atoms with Crippen LogP contribution in [0.1, 0.15) is 45.5 Å². The number of fused-ring (bicyclic) bond motifs is 3. The first kappa shape index (κ1) is 32.3. The highest BCUT2D eigenvalue weighted by Crippen LogP contribution is 2.53. The molecule has 3 aliphatic carbocycles. The summed E-state index contributed by atoms with van der Waals surface area (Å²) >= 11 is 0. The summed E-state index contributed by atoms with van der Waals surface area (Å²) in [6, 6.07) is 0.229. The first-order valence-electron chi connectivity index (χ1n) is 14.4. The molecule has 6 N–H and O–H groups in total. The molecule has 0 bridgehead atoms. The van der Waals surface area contributed by atoms with Gasteiger partial charge in [0.1, 0.15) is 22.8 Å². The van der Waals surface area contributed by atoms with E-state index < -0.39 is 87.4 Å². The largest absolute Gasteiger partial charge is 0.510 e. The van der Waals surface area contributed by atoms with Gasteiger partial charge < -0.3 is 36.0 Å². The second kappa shape index (κ2) is 10.8. The van der Waals surface area contributed by atoms with Crippen molar-refractivity contribution in [2.45, 2.75) is 43.5 Å². The fraction of sp³-hybridized carbons (Fsp3) is 0.533. The Morgan fingerprint density at radius 1 is 1.07 bits per heavy atom. The molecule has 4 aliphatic rings. The van der Waals surface area contributed by atoms with Crippen molar-refractivity contribution in [2.24, 2.45) is 23.5 Å². The number of likely N-dealkylation sites (tertiary alicyclic amines) is 1. The first-order valence-corrected chi connectivity index (χ1v) is 14.4. The zero-order valence-electron chi connectivity index (χ0n) is 25.1. The Bertz CT molecular complexity index is 1580. The van der Waals surface area contributed by atoms with E-state index in [-0.39, 0.29) is 49.9 Å². The van der Waals surface area contributed by atoms with Crippen LogP contribution in [0.4, 0.5) is 18.9 Å². The quantitative estimate of drug-likeness (QED) is 0.304. The van der Waals surface area contributed by atoms with Crippen LogP contribution >= 0.6 is 0 Å². The van der Waals surface area contributed by atoms with Crippen LogP contribution in [0, 0.1) is 17.8 Å². The number of carbonyl (C=O) groups is 4. The lowest BCUT2D eigenvalue weighted by molar-refractivity contribution is -0.183. The number of nitrogens with zero attached hydrogens (tertiary/aromatic N) is 3. The summed E-state index contributed by atoms with van der Waals surface area (Å²) in [5.74, 6) is -10.5. The molecule has 244 valence electrons. The summed E-state index contributed by atoms with van der Waals surface area (Å²) in [6.07, 6.45) is -5.12. The zero-order chi connectivity index (χ0) is 33.5.